The first-order valence-corrected chi connectivity index (χ1v) is 5.52. The Bertz CT molecular complexity index is 523. The number of anilines is 1. The van der Waals surface area contributed by atoms with Gasteiger partial charge in [0.2, 0.25) is 5.91 Å². The number of benzene rings is 1. The van der Waals surface area contributed by atoms with E-state index in [0.29, 0.717) is 6.54 Å². The van der Waals surface area contributed by atoms with Crippen molar-refractivity contribution in [1.82, 2.24) is 5.32 Å². The number of halogens is 2. The van der Waals surface area contributed by atoms with Crippen LogP contribution in [-0.2, 0) is 4.79 Å². The van der Waals surface area contributed by atoms with Crippen molar-refractivity contribution in [2.75, 3.05) is 11.9 Å². The molecule has 1 aromatic carbocycles. The predicted octanol–water partition coefficient (Wildman–Crippen LogP) is 1.69. The van der Waals surface area contributed by atoms with Crippen molar-refractivity contribution in [2.45, 2.75) is 12.5 Å². The Morgan fingerprint density at radius 1 is 1.56 bits per heavy atom. The minimum Gasteiger partial charge on any atom is -0.374 e. The van der Waals surface area contributed by atoms with E-state index in [4.69, 9.17) is 11.6 Å². The number of carbonyl (C=O) groups is 1. The molecule has 1 unspecified atom stereocenters. The van der Waals surface area contributed by atoms with E-state index in [0.717, 1.165) is 12.1 Å². The molecule has 1 heterocycles. The molecule has 1 aromatic rings. The third-order valence-corrected chi connectivity index (χ3v) is 2.86. The highest BCUT2D eigenvalue weighted by Crippen LogP contribution is 2.31. The van der Waals surface area contributed by atoms with Crippen LogP contribution in [0.1, 0.15) is 6.42 Å². The van der Waals surface area contributed by atoms with Gasteiger partial charge in [0.15, 0.2) is 0 Å². The number of hydrogen-bond donors (Lipinski definition) is 2. The molecule has 18 heavy (non-hydrogen) atoms. The van der Waals surface area contributed by atoms with Crippen LogP contribution in [0, 0.1) is 15.9 Å². The molecule has 0 aromatic heterocycles. The minimum absolute atomic E-state index is 0.0170. The summed E-state index contributed by atoms with van der Waals surface area (Å²) in [5, 5.41) is 15.9. The van der Waals surface area contributed by atoms with E-state index in [9.17, 15) is 19.3 Å². The maximum Gasteiger partial charge on any atom is 0.294 e. The van der Waals surface area contributed by atoms with Crippen LogP contribution in [0.4, 0.5) is 15.8 Å². The monoisotopic (exact) mass is 273 g/mol. The Morgan fingerprint density at radius 3 is 2.83 bits per heavy atom. The first-order valence-electron chi connectivity index (χ1n) is 5.14. The van der Waals surface area contributed by atoms with Gasteiger partial charge in [0, 0.05) is 25.1 Å². The van der Waals surface area contributed by atoms with Crippen molar-refractivity contribution in [1.29, 1.82) is 0 Å². The fourth-order valence-corrected chi connectivity index (χ4v) is 1.89. The molecule has 1 aliphatic rings. The molecule has 2 rings (SSSR count). The van der Waals surface area contributed by atoms with Gasteiger partial charge in [-0.1, -0.05) is 11.6 Å². The number of carbonyl (C=O) groups excluding carboxylic acids is 1. The smallest absolute Gasteiger partial charge is 0.294 e. The Labute approximate surface area is 106 Å². The van der Waals surface area contributed by atoms with Crippen LogP contribution in [-0.4, -0.2) is 23.4 Å². The number of amides is 1. The molecule has 0 spiro atoms. The van der Waals surface area contributed by atoms with Crippen LogP contribution in [0.3, 0.4) is 0 Å². The lowest BCUT2D eigenvalue weighted by Crippen LogP contribution is -2.22. The van der Waals surface area contributed by atoms with Gasteiger partial charge >= 0.3 is 0 Å². The third kappa shape index (κ3) is 2.51. The molecule has 0 aliphatic carbocycles. The van der Waals surface area contributed by atoms with Crippen LogP contribution >= 0.6 is 11.6 Å². The maximum atomic E-state index is 13.3. The summed E-state index contributed by atoms with van der Waals surface area (Å²) in [6.07, 6.45) is 0.196. The Kier molecular flexibility index (Phi) is 3.33. The fraction of sp³-hybridized carbons (Fsp3) is 0.300. The Morgan fingerprint density at radius 2 is 2.28 bits per heavy atom. The topological polar surface area (TPSA) is 84.3 Å². The Hall–Kier alpha value is -1.89. The third-order valence-electron chi connectivity index (χ3n) is 2.57. The first kappa shape index (κ1) is 12.6. The van der Waals surface area contributed by atoms with Crippen LogP contribution < -0.4 is 10.6 Å². The lowest BCUT2D eigenvalue weighted by atomic mass is 10.2. The highest BCUT2D eigenvalue weighted by molar-refractivity contribution is 6.31. The zero-order valence-corrected chi connectivity index (χ0v) is 9.83. The molecule has 1 atom stereocenters. The van der Waals surface area contributed by atoms with Gasteiger partial charge in [0.25, 0.3) is 5.69 Å². The summed E-state index contributed by atoms with van der Waals surface area (Å²) in [7, 11) is 0. The number of rotatable bonds is 3. The summed E-state index contributed by atoms with van der Waals surface area (Å²) in [6, 6.07) is 1.61. The molecule has 0 bridgehead atoms. The summed E-state index contributed by atoms with van der Waals surface area (Å²) in [5.74, 6) is -0.897. The molecular weight excluding hydrogens is 265 g/mol. The average Bonchev–Trinajstić information content (AvgIpc) is 2.68. The molecule has 2 N–H and O–H groups in total. The van der Waals surface area contributed by atoms with Gasteiger partial charge in [-0.05, 0) is 0 Å². The van der Waals surface area contributed by atoms with Crippen molar-refractivity contribution >= 4 is 28.9 Å². The number of nitro benzene ring substituents is 1. The largest absolute Gasteiger partial charge is 0.374 e. The van der Waals surface area contributed by atoms with Gasteiger partial charge in [-0.25, -0.2) is 4.39 Å². The van der Waals surface area contributed by atoms with Crippen molar-refractivity contribution in [3.8, 4) is 0 Å². The van der Waals surface area contributed by atoms with Crippen molar-refractivity contribution < 1.29 is 14.1 Å². The summed E-state index contributed by atoms with van der Waals surface area (Å²) in [5.41, 5.74) is -0.302. The quantitative estimate of drug-likeness (QED) is 0.648. The van der Waals surface area contributed by atoms with Gasteiger partial charge < -0.3 is 10.6 Å². The second-order valence-corrected chi connectivity index (χ2v) is 4.30. The number of nitro groups is 1. The summed E-state index contributed by atoms with van der Waals surface area (Å²) < 4.78 is 13.3. The van der Waals surface area contributed by atoms with Crippen molar-refractivity contribution in [3.63, 3.8) is 0 Å². The van der Waals surface area contributed by atoms with Gasteiger partial charge in [-0.3, -0.25) is 14.9 Å². The van der Waals surface area contributed by atoms with Crippen LogP contribution in [0.5, 0.6) is 0 Å². The van der Waals surface area contributed by atoms with Gasteiger partial charge in [0.05, 0.1) is 16.0 Å². The lowest BCUT2D eigenvalue weighted by molar-refractivity contribution is -0.384. The number of nitrogens with zero attached hydrogens (tertiary/aromatic N) is 1. The second kappa shape index (κ2) is 4.77. The maximum absolute atomic E-state index is 13.3. The van der Waals surface area contributed by atoms with Crippen LogP contribution in [0.25, 0.3) is 0 Å². The van der Waals surface area contributed by atoms with E-state index in [1.807, 2.05) is 0 Å². The molecule has 8 heteroatoms. The SMILES string of the molecule is O=C1CC(Nc2cc(F)c(Cl)cc2[N+](=O)[O-])CN1. The molecule has 0 saturated carbocycles. The highest BCUT2D eigenvalue weighted by Gasteiger charge is 2.25. The Balaban J connectivity index is 2.28. The normalized spacial score (nSPS) is 18.6. The van der Waals surface area contributed by atoms with E-state index in [-0.39, 0.29) is 34.8 Å². The van der Waals surface area contributed by atoms with Crippen molar-refractivity contribution in [2.24, 2.45) is 0 Å². The summed E-state index contributed by atoms with van der Waals surface area (Å²) >= 11 is 5.50. The molecule has 6 nitrogen and oxygen atoms in total. The van der Waals surface area contributed by atoms with Crippen LogP contribution in [0.2, 0.25) is 5.02 Å². The van der Waals surface area contributed by atoms with E-state index in [2.05, 4.69) is 10.6 Å². The molecule has 0 radical (unpaired) electrons. The molecule has 96 valence electrons. The predicted molar refractivity (Wildman–Crippen MR) is 63.1 cm³/mol. The van der Waals surface area contributed by atoms with Gasteiger partial charge in [-0.15, -0.1) is 0 Å². The average molecular weight is 274 g/mol. The van der Waals surface area contributed by atoms with Gasteiger partial charge in [-0.2, -0.15) is 0 Å². The molecular formula is C10H9ClFN3O3. The molecule has 1 fully saturated rings. The fourth-order valence-electron chi connectivity index (χ4n) is 1.73. The summed E-state index contributed by atoms with van der Waals surface area (Å²) in [6.45, 7) is 0.347. The summed E-state index contributed by atoms with van der Waals surface area (Å²) in [4.78, 5) is 21.2. The number of hydrogen-bond acceptors (Lipinski definition) is 4. The second-order valence-electron chi connectivity index (χ2n) is 3.89. The minimum atomic E-state index is -0.748. The van der Waals surface area contributed by atoms with Crippen LogP contribution in [0.15, 0.2) is 12.1 Å². The van der Waals surface area contributed by atoms with E-state index < -0.39 is 10.7 Å². The van der Waals surface area contributed by atoms with E-state index >= 15 is 0 Å². The zero-order chi connectivity index (χ0) is 13.3. The molecule has 1 aliphatic heterocycles. The first-order chi connectivity index (χ1) is 8.47. The highest BCUT2D eigenvalue weighted by atomic mass is 35.5. The zero-order valence-electron chi connectivity index (χ0n) is 9.07. The van der Waals surface area contributed by atoms with Gasteiger partial charge in [0.1, 0.15) is 11.5 Å². The van der Waals surface area contributed by atoms with E-state index in [1.165, 1.54) is 0 Å². The molecule has 1 saturated heterocycles. The standard InChI is InChI=1S/C10H9ClFN3O3/c11-6-2-9(15(17)18)8(3-7(6)12)14-5-1-10(16)13-4-5/h2-3,5,14H,1,4H2,(H,13,16). The van der Waals surface area contributed by atoms with Crippen molar-refractivity contribution in [3.05, 3.63) is 33.1 Å². The number of nitrogens with one attached hydrogen (secondary N) is 2. The molecule has 1 amide bonds. The lowest BCUT2D eigenvalue weighted by Gasteiger charge is -2.12. The van der Waals surface area contributed by atoms with E-state index in [1.54, 1.807) is 0 Å².